The van der Waals surface area contributed by atoms with Gasteiger partial charge in [0.15, 0.2) is 0 Å². The Labute approximate surface area is 100 Å². The molecule has 17 heavy (non-hydrogen) atoms. The molecule has 1 saturated carbocycles. The Bertz CT molecular complexity index is 386. The van der Waals surface area contributed by atoms with Crippen molar-refractivity contribution >= 4 is 11.8 Å². The van der Waals surface area contributed by atoms with Gasteiger partial charge in [0.2, 0.25) is 0 Å². The lowest BCUT2D eigenvalue weighted by molar-refractivity contribution is -0.143. The number of hydrogen-bond acceptors (Lipinski definition) is 4. The van der Waals surface area contributed by atoms with E-state index in [0.717, 1.165) is 12.8 Å². The minimum Gasteiger partial charge on any atom is -0.480 e. The molecule has 2 N–H and O–H groups in total. The summed E-state index contributed by atoms with van der Waals surface area (Å²) >= 11 is 0. The number of nitrogens with zero attached hydrogens (tertiary/aromatic N) is 2. The van der Waals surface area contributed by atoms with Crippen molar-refractivity contribution < 1.29 is 9.90 Å². The molecular weight excluding hydrogens is 218 g/mol. The van der Waals surface area contributed by atoms with E-state index in [-0.39, 0.29) is 0 Å². The van der Waals surface area contributed by atoms with Crippen LogP contribution < -0.4 is 5.32 Å². The molecule has 0 unspecified atom stereocenters. The van der Waals surface area contributed by atoms with Crippen molar-refractivity contribution in [1.29, 1.82) is 0 Å². The van der Waals surface area contributed by atoms with Crippen LogP contribution in [0.4, 0.5) is 5.82 Å². The van der Waals surface area contributed by atoms with Gasteiger partial charge in [-0.1, -0.05) is 6.92 Å². The van der Waals surface area contributed by atoms with Gasteiger partial charge in [0.25, 0.3) is 0 Å². The van der Waals surface area contributed by atoms with Crippen molar-refractivity contribution in [1.82, 2.24) is 9.97 Å². The SMILES string of the molecule is CC1CCC(Nc2ccncn2)(C(=O)O)CC1. The Morgan fingerprint density at radius 2 is 2.24 bits per heavy atom. The fraction of sp³-hybridized carbons (Fsp3) is 0.583. The molecule has 1 aromatic heterocycles. The third-order valence-corrected chi connectivity index (χ3v) is 3.49. The molecular formula is C12H17N3O2. The van der Waals surface area contributed by atoms with Crippen LogP contribution in [0.25, 0.3) is 0 Å². The minimum absolute atomic E-state index is 0.581. The zero-order valence-electron chi connectivity index (χ0n) is 9.89. The highest BCUT2D eigenvalue weighted by atomic mass is 16.4. The fourth-order valence-electron chi connectivity index (χ4n) is 2.26. The molecule has 1 aromatic rings. The Hall–Kier alpha value is -1.65. The van der Waals surface area contributed by atoms with Gasteiger partial charge in [-0.3, -0.25) is 0 Å². The Morgan fingerprint density at radius 3 is 2.76 bits per heavy atom. The molecule has 0 atom stereocenters. The summed E-state index contributed by atoms with van der Waals surface area (Å²) in [6.45, 7) is 2.16. The highest BCUT2D eigenvalue weighted by Crippen LogP contribution is 2.34. The second-order valence-electron chi connectivity index (χ2n) is 4.79. The van der Waals surface area contributed by atoms with E-state index in [0.29, 0.717) is 24.6 Å². The Morgan fingerprint density at radius 1 is 1.53 bits per heavy atom. The quantitative estimate of drug-likeness (QED) is 0.837. The second kappa shape index (κ2) is 4.69. The number of rotatable bonds is 3. The first-order chi connectivity index (χ1) is 8.12. The molecule has 0 bridgehead atoms. The maximum atomic E-state index is 11.5. The fourth-order valence-corrected chi connectivity index (χ4v) is 2.26. The van der Waals surface area contributed by atoms with Gasteiger partial charge in [0, 0.05) is 6.20 Å². The van der Waals surface area contributed by atoms with E-state index >= 15 is 0 Å². The zero-order chi connectivity index (χ0) is 12.3. The van der Waals surface area contributed by atoms with Crippen LogP contribution >= 0.6 is 0 Å². The molecule has 5 nitrogen and oxygen atoms in total. The molecule has 0 radical (unpaired) electrons. The highest BCUT2D eigenvalue weighted by Gasteiger charge is 2.41. The molecule has 5 heteroatoms. The van der Waals surface area contributed by atoms with Gasteiger partial charge < -0.3 is 10.4 Å². The van der Waals surface area contributed by atoms with Crippen LogP contribution in [0.15, 0.2) is 18.6 Å². The first kappa shape index (κ1) is 11.8. The molecule has 1 fully saturated rings. The zero-order valence-corrected chi connectivity index (χ0v) is 9.89. The molecule has 0 spiro atoms. The van der Waals surface area contributed by atoms with Crippen molar-refractivity contribution in [3.8, 4) is 0 Å². The van der Waals surface area contributed by atoms with E-state index in [9.17, 15) is 9.90 Å². The van der Waals surface area contributed by atoms with Gasteiger partial charge in [-0.05, 0) is 37.7 Å². The third kappa shape index (κ3) is 2.54. The van der Waals surface area contributed by atoms with Gasteiger partial charge in [-0.25, -0.2) is 14.8 Å². The average Bonchev–Trinajstić information content (AvgIpc) is 2.33. The maximum Gasteiger partial charge on any atom is 0.329 e. The lowest BCUT2D eigenvalue weighted by atomic mass is 9.77. The van der Waals surface area contributed by atoms with Crippen LogP contribution in [0.5, 0.6) is 0 Å². The molecule has 1 aliphatic carbocycles. The molecule has 0 aromatic carbocycles. The lowest BCUT2D eigenvalue weighted by Gasteiger charge is -2.36. The summed E-state index contributed by atoms with van der Waals surface area (Å²) in [4.78, 5) is 19.3. The molecule has 1 heterocycles. The Balaban J connectivity index is 2.15. The van der Waals surface area contributed by atoms with Gasteiger partial charge in [0.1, 0.15) is 17.7 Å². The standard InChI is InChI=1S/C12H17N3O2/c1-9-2-5-12(6-3-9,11(16)17)15-10-4-7-13-8-14-10/h4,7-9H,2-3,5-6H2,1H3,(H,16,17)(H,13,14,15). The first-order valence-electron chi connectivity index (χ1n) is 5.90. The first-order valence-corrected chi connectivity index (χ1v) is 5.90. The summed E-state index contributed by atoms with van der Waals surface area (Å²) < 4.78 is 0. The molecule has 0 saturated heterocycles. The topological polar surface area (TPSA) is 75.1 Å². The second-order valence-corrected chi connectivity index (χ2v) is 4.79. The van der Waals surface area contributed by atoms with Crippen LogP contribution in [0, 0.1) is 5.92 Å². The number of carboxylic acid groups (broad SMARTS) is 1. The smallest absolute Gasteiger partial charge is 0.329 e. The summed E-state index contributed by atoms with van der Waals surface area (Å²) in [6.07, 6.45) is 6.19. The maximum absolute atomic E-state index is 11.5. The minimum atomic E-state index is -0.860. The van der Waals surface area contributed by atoms with Crippen LogP contribution in [0.2, 0.25) is 0 Å². The van der Waals surface area contributed by atoms with Crippen molar-refractivity contribution in [2.24, 2.45) is 5.92 Å². The summed E-state index contributed by atoms with van der Waals surface area (Å²) in [5, 5.41) is 12.5. The molecule has 92 valence electrons. The number of hydrogen-bond donors (Lipinski definition) is 2. The lowest BCUT2D eigenvalue weighted by Crippen LogP contribution is -2.49. The molecule has 0 aliphatic heterocycles. The predicted molar refractivity (Wildman–Crippen MR) is 63.7 cm³/mol. The highest BCUT2D eigenvalue weighted by molar-refractivity contribution is 5.82. The number of aliphatic carboxylic acids is 1. The van der Waals surface area contributed by atoms with E-state index in [1.54, 1.807) is 12.3 Å². The monoisotopic (exact) mass is 235 g/mol. The number of nitrogens with one attached hydrogen (secondary N) is 1. The third-order valence-electron chi connectivity index (χ3n) is 3.49. The van der Waals surface area contributed by atoms with Crippen LogP contribution in [0.1, 0.15) is 32.6 Å². The van der Waals surface area contributed by atoms with E-state index in [1.165, 1.54) is 6.33 Å². The van der Waals surface area contributed by atoms with Crippen LogP contribution in [-0.2, 0) is 4.79 Å². The van der Waals surface area contributed by atoms with Crippen molar-refractivity contribution in [3.05, 3.63) is 18.6 Å². The van der Waals surface area contributed by atoms with E-state index in [4.69, 9.17) is 0 Å². The summed E-state index contributed by atoms with van der Waals surface area (Å²) in [5.74, 6) is 0.398. The molecule has 0 amide bonds. The van der Waals surface area contributed by atoms with Gasteiger partial charge >= 0.3 is 5.97 Å². The molecule has 1 aliphatic rings. The van der Waals surface area contributed by atoms with Gasteiger partial charge in [-0.15, -0.1) is 0 Å². The summed E-state index contributed by atoms with van der Waals surface area (Å²) in [7, 11) is 0. The number of carboxylic acids is 1. The van der Waals surface area contributed by atoms with Crippen LogP contribution in [0.3, 0.4) is 0 Å². The molecule has 2 rings (SSSR count). The van der Waals surface area contributed by atoms with Crippen LogP contribution in [-0.4, -0.2) is 26.6 Å². The van der Waals surface area contributed by atoms with E-state index in [1.807, 2.05) is 0 Å². The number of aromatic nitrogens is 2. The van der Waals surface area contributed by atoms with E-state index in [2.05, 4.69) is 22.2 Å². The van der Waals surface area contributed by atoms with Crippen molar-refractivity contribution in [2.75, 3.05) is 5.32 Å². The largest absolute Gasteiger partial charge is 0.480 e. The van der Waals surface area contributed by atoms with E-state index < -0.39 is 11.5 Å². The predicted octanol–water partition coefficient (Wildman–Crippen LogP) is 1.92. The van der Waals surface area contributed by atoms with Crippen molar-refractivity contribution in [2.45, 2.75) is 38.1 Å². The van der Waals surface area contributed by atoms with Gasteiger partial charge in [-0.2, -0.15) is 0 Å². The number of carbonyl (C=O) groups is 1. The van der Waals surface area contributed by atoms with Gasteiger partial charge in [0.05, 0.1) is 0 Å². The number of anilines is 1. The summed E-state index contributed by atoms with van der Waals surface area (Å²) in [6, 6.07) is 1.70. The summed E-state index contributed by atoms with van der Waals surface area (Å²) in [5.41, 5.74) is -0.860. The van der Waals surface area contributed by atoms with Crippen molar-refractivity contribution in [3.63, 3.8) is 0 Å². The normalized spacial score (nSPS) is 28.6. The Kier molecular flexibility index (Phi) is 3.26. The average molecular weight is 235 g/mol.